The van der Waals surface area contributed by atoms with Crippen molar-refractivity contribution in [3.63, 3.8) is 0 Å². The van der Waals surface area contributed by atoms with Crippen molar-refractivity contribution in [1.29, 1.82) is 0 Å². The molecule has 0 saturated carbocycles. The van der Waals surface area contributed by atoms with Crippen molar-refractivity contribution in [2.75, 3.05) is 13.7 Å². The van der Waals surface area contributed by atoms with Crippen LogP contribution in [0, 0.1) is 21.6 Å². The zero-order chi connectivity index (χ0) is 23.3. The lowest BCUT2D eigenvalue weighted by Gasteiger charge is -2.29. The number of allylic oxidation sites excluding steroid dienone is 2. The van der Waals surface area contributed by atoms with Crippen molar-refractivity contribution >= 4 is 25.7 Å². The van der Waals surface area contributed by atoms with Gasteiger partial charge in [0, 0.05) is 17.8 Å². The zero-order valence-corrected chi connectivity index (χ0v) is 19.5. The summed E-state index contributed by atoms with van der Waals surface area (Å²) in [5, 5.41) is 14.4. The van der Waals surface area contributed by atoms with Crippen LogP contribution >= 0.6 is 0 Å². The minimum absolute atomic E-state index is 0.120. The van der Waals surface area contributed by atoms with Crippen LogP contribution in [0.5, 0.6) is 0 Å². The summed E-state index contributed by atoms with van der Waals surface area (Å²) < 4.78 is 10.2. The first-order valence-electron chi connectivity index (χ1n) is 9.75. The molecule has 0 spiro atoms. The van der Waals surface area contributed by atoms with Gasteiger partial charge in [0.2, 0.25) is 0 Å². The van der Waals surface area contributed by atoms with Gasteiger partial charge in [0.25, 0.3) is 5.69 Å². The van der Waals surface area contributed by atoms with E-state index in [1.54, 1.807) is 19.9 Å². The molecule has 9 heteroatoms. The van der Waals surface area contributed by atoms with Gasteiger partial charge in [-0.3, -0.25) is 10.1 Å². The third kappa shape index (κ3) is 5.61. The predicted octanol–water partition coefficient (Wildman–Crippen LogP) is 3.43. The highest BCUT2D eigenvalue weighted by Crippen LogP contribution is 2.40. The molecule has 1 aliphatic heterocycles. The highest BCUT2D eigenvalue weighted by Gasteiger charge is 2.39. The van der Waals surface area contributed by atoms with Gasteiger partial charge in [-0.05, 0) is 19.4 Å². The quantitative estimate of drug-likeness (QED) is 0.245. The average molecular weight is 443 g/mol. The van der Waals surface area contributed by atoms with E-state index in [1.165, 1.54) is 25.3 Å². The lowest BCUT2D eigenvalue weighted by molar-refractivity contribution is -0.384. The van der Waals surface area contributed by atoms with E-state index in [2.05, 4.69) is 36.4 Å². The molecule has 8 nitrogen and oxygen atoms in total. The summed E-state index contributed by atoms with van der Waals surface area (Å²) in [6.07, 6.45) is 0. The number of rotatable bonds is 5. The number of non-ortho nitro benzene ring substituents is 1. The van der Waals surface area contributed by atoms with Gasteiger partial charge >= 0.3 is 11.9 Å². The molecule has 1 aromatic rings. The lowest BCUT2D eigenvalue weighted by Crippen LogP contribution is -2.33. The first-order valence-corrected chi connectivity index (χ1v) is 13.2. The molecule has 1 heterocycles. The molecule has 2 rings (SSSR count). The Balaban J connectivity index is 2.85. The van der Waals surface area contributed by atoms with Gasteiger partial charge in [0.1, 0.15) is 13.8 Å². The van der Waals surface area contributed by atoms with Crippen LogP contribution < -0.4 is 5.32 Å². The number of nitrogens with zero attached hydrogens (tertiary/aromatic N) is 1. The number of dihydropyridines is 1. The molecule has 0 radical (unpaired) electrons. The number of hydrogen-bond donors (Lipinski definition) is 1. The van der Waals surface area contributed by atoms with Gasteiger partial charge in [-0.25, -0.2) is 9.59 Å². The van der Waals surface area contributed by atoms with Crippen LogP contribution in [0.15, 0.2) is 46.8 Å². The molecule has 1 atom stereocenters. The van der Waals surface area contributed by atoms with Crippen LogP contribution in [0.4, 0.5) is 5.69 Å². The van der Waals surface area contributed by atoms with Crippen molar-refractivity contribution in [1.82, 2.24) is 5.32 Å². The molecule has 31 heavy (non-hydrogen) atoms. The van der Waals surface area contributed by atoms with Gasteiger partial charge < -0.3 is 14.8 Å². The SMILES string of the molecule is CCOC(=O)C1=C(C#C[Si](C)(C)C)NC(C)=C(C(=O)OC)C1c1cccc([N+](=O)[O-])c1. The molecule has 0 aromatic heterocycles. The number of esters is 2. The summed E-state index contributed by atoms with van der Waals surface area (Å²) in [6.45, 7) is 9.66. The summed E-state index contributed by atoms with van der Waals surface area (Å²) >= 11 is 0. The molecule has 0 aliphatic carbocycles. The predicted molar refractivity (Wildman–Crippen MR) is 118 cm³/mol. The highest BCUT2D eigenvalue weighted by atomic mass is 28.3. The summed E-state index contributed by atoms with van der Waals surface area (Å²) in [4.78, 5) is 36.5. The molecule has 0 bridgehead atoms. The van der Waals surface area contributed by atoms with E-state index in [-0.39, 0.29) is 23.4 Å². The Morgan fingerprint density at radius 2 is 1.90 bits per heavy atom. The number of ether oxygens (including phenoxy) is 2. The van der Waals surface area contributed by atoms with Crippen LogP contribution in [0.3, 0.4) is 0 Å². The van der Waals surface area contributed by atoms with Crippen molar-refractivity contribution in [2.24, 2.45) is 0 Å². The zero-order valence-electron chi connectivity index (χ0n) is 18.5. The van der Waals surface area contributed by atoms with Crippen molar-refractivity contribution in [3.8, 4) is 11.5 Å². The van der Waals surface area contributed by atoms with E-state index in [4.69, 9.17) is 9.47 Å². The highest BCUT2D eigenvalue weighted by molar-refractivity contribution is 6.83. The number of carbonyl (C=O) groups excluding carboxylic acids is 2. The van der Waals surface area contributed by atoms with E-state index < -0.39 is 30.9 Å². The Kier molecular flexibility index (Phi) is 7.41. The molecule has 1 unspecified atom stereocenters. The van der Waals surface area contributed by atoms with E-state index in [1.807, 2.05) is 0 Å². The minimum Gasteiger partial charge on any atom is -0.466 e. The van der Waals surface area contributed by atoms with Crippen molar-refractivity contribution in [2.45, 2.75) is 39.4 Å². The van der Waals surface area contributed by atoms with Gasteiger partial charge in [-0.2, -0.15) is 0 Å². The van der Waals surface area contributed by atoms with Crippen LogP contribution in [0.1, 0.15) is 25.3 Å². The number of hydrogen-bond acceptors (Lipinski definition) is 7. The summed E-state index contributed by atoms with van der Waals surface area (Å²) in [5.74, 6) is 0.819. The van der Waals surface area contributed by atoms with Gasteiger partial charge in [-0.1, -0.05) is 37.7 Å². The van der Waals surface area contributed by atoms with E-state index in [9.17, 15) is 19.7 Å². The molecule has 1 aliphatic rings. The molecule has 1 N–H and O–H groups in total. The second-order valence-corrected chi connectivity index (χ2v) is 12.7. The van der Waals surface area contributed by atoms with Crippen LogP contribution in [-0.2, 0) is 19.1 Å². The van der Waals surface area contributed by atoms with Crippen LogP contribution in [-0.4, -0.2) is 38.7 Å². The fourth-order valence-electron chi connectivity index (χ4n) is 3.14. The smallest absolute Gasteiger partial charge is 0.337 e. The minimum atomic E-state index is -1.80. The van der Waals surface area contributed by atoms with E-state index in [0.717, 1.165) is 0 Å². The average Bonchev–Trinajstić information content (AvgIpc) is 2.70. The molecule has 1 aromatic carbocycles. The Labute approximate surface area is 182 Å². The number of benzene rings is 1. The second kappa shape index (κ2) is 9.62. The number of nitro groups is 1. The van der Waals surface area contributed by atoms with Crippen LogP contribution in [0.25, 0.3) is 0 Å². The van der Waals surface area contributed by atoms with E-state index in [0.29, 0.717) is 17.0 Å². The normalized spacial score (nSPS) is 16.1. The summed E-state index contributed by atoms with van der Waals surface area (Å²) in [7, 11) is -0.564. The molecule has 0 saturated heterocycles. The number of nitro benzene ring substituents is 1. The maximum absolute atomic E-state index is 13.0. The number of nitrogens with one attached hydrogen (secondary N) is 1. The standard InChI is InChI=1S/C22H26N2O6Si/c1-7-30-22(26)20-17(11-12-31(4,5)6)23-14(2)18(21(25)29-3)19(20)15-9-8-10-16(13-15)24(27)28/h8-10,13,19,23H,7H2,1-6H3. The third-order valence-electron chi connectivity index (χ3n) is 4.44. The first kappa shape index (κ1) is 23.9. The molecular weight excluding hydrogens is 416 g/mol. The van der Waals surface area contributed by atoms with Gasteiger partial charge in [0.05, 0.1) is 35.7 Å². The van der Waals surface area contributed by atoms with Crippen molar-refractivity contribution in [3.05, 3.63) is 62.5 Å². The van der Waals surface area contributed by atoms with E-state index >= 15 is 0 Å². The molecule has 0 amide bonds. The Hall–Kier alpha value is -3.38. The molecule has 164 valence electrons. The fourth-order valence-corrected chi connectivity index (χ4v) is 3.64. The maximum Gasteiger partial charge on any atom is 0.337 e. The van der Waals surface area contributed by atoms with Crippen LogP contribution in [0.2, 0.25) is 19.6 Å². The molecular formula is C22H26N2O6Si. The Morgan fingerprint density at radius 1 is 1.23 bits per heavy atom. The topological polar surface area (TPSA) is 108 Å². The van der Waals surface area contributed by atoms with Gasteiger partial charge in [-0.15, -0.1) is 5.54 Å². The first-order chi connectivity index (χ1) is 14.5. The monoisotopic (exact) mass is 442 g/mol. The number of methoxy groups -OCH3 is 1. The fraction of sp³-hybridized carbons (Fsp3) is 0.364. The summed E-state index contributed by atoms with van der Waals surface area (Å²) in [6, 6.07) is 5.82. The lowest BCUT2D eigenvalue weighted by atomic mass is 9.80. The Bertz CT molecular complexity index is 1040. The molecule has 0 fully saturated rings. The van der Waals surface area contributed by atoms with Crippen molar-refractivity contribution < 1.29 is 24.0 Å². The number of carbonyl (C=O) groups is 2. The van der Waals surface area contributed by atoms with Gasteiger partial charge in [0.15, 0.2) is 0 Å². The second-order valence-electron chi connectivity index (χ2n) is 7.95. The maximum atomic E-state index is 13.0. The Morgan fingerprint density at radius 3 is 2.45 bits per heavy atom. The summed E-state index contributed by atoms with van der Waals surface area (Å²) in [5.41, 5.74) is 4.52. The third-order valence-corrected chi connectivity index (χ3v) is 5.32. The largest absolute Gasteiger partial charge is 0.466 e.